The van der Waals surface area contributed by atoms with Gasteiger partial charge in [0.05, 0.1) is 16.6 Å². The van der Waals surface area contributed by atoms with Crippen molar-refractivity contribution in [3.05, 3.63) is 34.2 Å². The summed E-state index contributed by atoms with van der Waals surface area (Å²) < 4.78 is 37.3. The van der Waals surface area contributed by atoms with Gasteiger partial charge in [0.1, 0.15) is 6.54 Å². The number of hydrogen-bond acceptors (Lipinski definition) is 2. The predicted molar refractivity (Wildman–Crippen MR) is 55.6 cm³/mol. The lowest BCUT2D eigenvalue weighted by atomic mass is 10.2. The van der Waals surface area contributed by atoms with Gasteiger partial charge in [0, 0.05) is 0 Å². The zero-order chi connectivity index (χ0) is 13.5. The lowest BCUT2D eigenvalue weighted by Crippen LogP contribution is -2.26. The fourth-order valence-corrected chi connectivity index (χ4v) is 1.62. The van der Waals surface area contributed by atoms with Crippen LogP contribution in [-0.4, -0.2) is 26.8 Å². The minimum absolute atomic E-state index is 0.0859. The number of fused-ring (bicyclic) bond motifs is 1. The number of nitrogens with zero attached hydrogens (tertiary/aromatic N) is 1. The van der Waals surface area contributed by atoms with Crippen LogP contribution in [0.4, 0.5) is 13.2 Å². The molecule has 0 aliphatic carbocycles. The van der Waals surface area contributed by atoms with Crippen LogP contribution in [0.15, 0.2) is 23.0 Å². The highest BCUT2D eigenvalue weighted by molar-refractivity contribution is 5.92. The first-order valence-electron chi connectivity index (χ1n) is 4.80. The normalized spacial score (nSPS) is 11.9. The van der Waals surface area contributed by atoms with E-state index in [1.165, 1.54) is 12.1 Å². The molecule has 0 bridgehead atoms. The molecule has 0 amide bonds. The number of alkyl halides is 3. The van der Waals surface area contributed by atoms with Crippen molar-refractivity contribution < 1.29 is 23.1 Å². The molecular weight excluding hydrogens is 253 g/mol. The number of carboxylic acids is 1. The van der Waals surface area contributed by atoms with E-state index in [0.717, 1.165) is 6.07 Å². The fourth-order valence-electron chi connectivity index (χ4n) is 1.62. The summed E-state index contributed by atoms with van der Waals surface area (Å²) in [5.41, 5.74) is -1.03. The number of benzene rings is 1. The van der Waals surface area contributed by atoms with Gasteiger partial charge in [0.15, 0.2) is 0 Å². The Morgan fingerprint density at radius 2 is 2.06 bits per heavy atom. The molecule has 0 fully saturated rings. The molecule has 0 aliphatic heterocycles. The highest BCUT2D eigenvalue weighted by Gasteiger charge is 2.29. The molecule has 0 unspecified atom stereocenters. The third-order valence-corrected chi connectivity index (χ3v) is 2.36. The first kappa shape index (κ1) is 12.2. The number of imidazole rings is 1. The van der Waals surface area contributed by atoms with Crippen LogP contribution in [0.25, 0.3) is 11.0 Å². The number of nitrogens with one attached hydrogen (secondary N) is 1. The first-order chi connectivity index (χ1) is 8.28. The molecule has 0 aliphatic rings. The summed E-state index contributed by atoms with van der Waals surface area (Å²) in [6, 6.07) is 3.49. The van der Waals surface area contributed by atoms with Crippen LogP contribution in [0.1, 0.15) is 10.4 Å². The number of halogens is 3. The second-order valence-electron chi connectivity index (χ2n) is 3.67. The topological polar surface area (TPSA) is 75.1 Å². The molecule has 2 N–H and O–H groups in total. The third-order valence-electron chi connectivity index (χ3n) is 2.36. The van der Waals surface area contributed by atoms with Gasteiger partial charge in [-0.2, -0.15) is 13.2 Å². The van der Waals surface area contributed by atoms with Gasteiger partial charge < -0.3 is 10.1 Å². The minimum atomic E-state index is -4.56. The summed E-state index contributed by atoms with van der Waals surface area (Å²) >= 11 is 0. The number of aromatic nitrogens is 2. The zero-order valence-electron chi connectivity index (χ0n) is 8.78. The number of aromatic carboxylic acids is 1. The Morgan fingerprint density at radius 1 is 1.39 bits per heavy atom. The number of rotatable bonds is 2. The maximum Gasteiger partial charge on any atom is 0.406 e. The highest BCUT2D eigenvalue weighted by Crippen LogP contribution is 2.20. The average Bonchev–Trinajstić information content (AvgIpc) is 2.53. The molecule has 96 valence electrons. The summed E-state index contributed by atoms with van der Waals surface area (Å²) in [6.07, 6.45) is -4.56. The van der Waals surface area contributed by atoms with Crippen molar-refractivity contribution in [3.63, 3.8) is 0 Å². The molecule has 1 heterocycles. The van der Waals surface area contributed by atoms with Crippen LogP contribution in [0.2, 0.25) is 0 Å². The van der Waals surface area contributed by atoms with Crippen molar-refractivity contribution >= 4 is 17.0 Å². The summed E-state index contributed by atoms with van der Waals surface area (Å²) in [6.45, 7) is -1.46. The second-order valence-corrected chi connectivity index (χ2v) is 3.67. The Bertz CT molecular complexity index is 669. The van der Waals surface area contributed by atoms with Crippen molar-refractivity contribution in [1.29, 1.82) is 0 Å². The smallest absolute Gasteiger partial charge is 0.406 e. The van der Waals surface area contributed by atoms with Crippen molar-refractivity contribution in [2.75, 3.05) is 0 Å². The van der Waals surface area contributed by atoms with Crippen LogP contribution in [-0.2, 0) is 6.54 Å². The van der Waals surface area contributed by atoms with Crippen LogP contribution in [0, 0.1) is 0 Å². The Morgan fingerprint density at radius 3 is 2.61 bits per heavy atom. The molecule has 0 saturated carbocycles. The number of H-pyrrole nitrogens is 1. The predicted octanol–water partition coefficient (Wildman–Crippen LogP) is 1.59. The van der Waals surface area contributed by atoms with Crippen molar-refractivity contribution in [2.24, 2.45) is 0 Å². The molecule has 2 rings (SSSR count). The van der Waals surface area contributed by atoms with Gasteiger partial charge in [0.2, 0.25) is 0 Å². The number of carboxylic acid groups (broad SMARTS) is 1. The SMILES string of the molecule is O=C(O)c1ccc2[nH]c(=O)n(CC(F)(F)F)c2c1. The molecule has 0 spiro atoms. The van der Waals surface area contributed by atoms with E-state index in [1.807, 2.05) is 0 Å². The molecule has 8 heteroatoms. The van der Waals surface area contributed by atoms with Gasteiger partial charge in [0.25, 0.3) is 0 Å². The van der Waals surface area contributed by atoms with Gasteiger partial charge >= 0.3 is 17.8 Å². The minimum Gasteiger partial charge on any atom is -0.478 e. The Hall–Kier alpha value is -2.25. The van der Waals surface area contributed by atoms with Gasteiger partial charge in [-0.15, -0.1) is 0 Å². The standard InChI is InChI=1S/C10H7F3N2O3/c11-10(12,13)4-15-7-3-5(8(16)17)1-2-6(7)14-9(15)18/h1-3H,4H2,(H,14,18)(H,16,17). The molecule has 18 heavy (non-hydrogen) atoms. The van der Waals surface area contributed by atoms with Crippen LogP contribution in [0.5, 0.6) is 0 Å². The zero-order valence-corrected chi connectivity index (χ0v) is 8.78. The Kier molecular flexibility index (Phi) is 2.64. The van der Waals surface area contributed by atoms with E-state index in [9.17, 15) is 22.8 Å². The van der Waals surface area contributed by atoms with Crippen LogP contribution in [0.3, 0.4) is 0 Å². The van der Waals surface area contributed by atoms with E-state index < -0.39 is 24.4 Å². The molecular formula is C10H7F3N2O3. The summed E-state index contributed by atoms with van der Waals surface area (Å²) in [4.78, 5) is 24.3. The summed E-state index contributed by atoms with van der Waals surface area (Å²) in [5.74, 6) is -1.27. The van der Waals surface area contributed by atoms with E-state index in [1.54, 1.807) is 0 Å². The number of hydrogen-bond donors (Lipinski definition) is 2. The van der Waals surface area contributed by atoms with Crippen molar-refractivity contribution in [2.45, 2.75) is 12.7 Å². The number of aromatic amines is 1. The van der Waals surface area contributed by atoms with E-state index in [2.05, 4.69) is 4.98 Å². The van der Waals surface area contributed by atoms with Gasteiger partial charge in [-0.25, -0.2) is 9.59 Å². The van der Waals surface area contributed by atoms with E-state index in [0.29, 0.717) is 4.57 Å². The van der Waals surface area contributed by atoms with Gasteiger partial charge in [-0.05, 0) is 18.2 Å². The third kappa shape index (κ3) is 2.22. The number of carbonyl (C=O) groups is 1. The Labute approximate surface area is 97.5 Å². The molecule has 0 radical (unpaired) electrons. The van der Waals surface area contributed by atoms with Crippen molar-refractivity contribution in [1.82, 2.24) is 9.55 Å². The monoisotopic (exact) mass is 260 g/mol. The molecule has 0 atom stereocenters. The van der Waals surface area contributed by atoms with E-state index in [4.69, 9.17) is 5.11 Å². The lowest BCUT2D eigenvalue weighted by Gasteiger charge is -2.07. The van der Waals surface area contributed by atoms with Crippen LogP contribution < -0.4 is 5.69 Å². The molecule has 2 aromatic rings. The molecule has 1 aromatic carbocycles. The van der Waals surface area contributed by atoms with E-state index in [-0.39, 0.29) is 16.6 Å². The van der Waals surface area contributed by atoms with Crippen LogP contribution >= 0.6 is 0 Å². The van der Waals surface area contributed by atoms with Gasteiger partial charge in [-0.1, -0.05) is 0 Å². The molecule has 1 aromatic heterocycles. The summed E-state index contributed by atoms with van der Waals surface area (Å²) in [5, 5.41) is 8.75. The van der Waals surface area contributed by atoms with Crippen molar-refractivity contribution in [3.8, 4) is 0 Å². The van der Waals surface area contributed by atoms with Gasteiger partial charge in [-0.3, -0.25) is 4.57 Å². The maximum atomic E-state index is 12.3. The fraction of sp³-hybridized carbons (Fsp3) is 0.200. The molecule has 5 nitrogen and oxygen atoms in total. The summed E-state index contributed by atoms with van der Waals surface area (Å²) in [7, 11) is 0. The molecule has 0 saturated heterocycles. The average molecular weight is 260 g/mol. The largest absolute Gasteiger partial charge is 0.478 e. The highest BCUT2D eigenvalue weighted by atomic mass is 19.4. The second kappa shape index (κ2) is 3.90. The lowest BCUT2D eigenvalue weighted by molar-refractivity contribution is -0.140. The maximum absolute atomic E-state index is 12.3. The Balaban J connectivity index is 2.64. The quantitative estimate of drug-likeness (QED) is 0.860. The van der Waals surface area contributed by atoms with E-state index >= 15 is 0 Å². The first-order valence-corrected chi connectivity index (χ1v) is 4.80.